The zero-order chi connectivity index (χ0) is 16.6. The number of alkyl halides is 2. The topological polar surface area (TPSA) is 97.3 Å². The lowest BCUT2D eigenvalue weighted by Crippen LogP contribution is -2.25. The van der Waals surface area contributed by atoms with Crippen molar-refractivity contribution in [2.24, 2.45) is 0 Å². The smallest absolute Gasteiger partial charge is 0.355 e. The van der Waals surface area contributed by atoms with Crippen LogP contribution in [-0.2, 0) is 6.61 Å². The van der Waals surface area contributed by atoms with Crippen molar-refractivity contribution in [1.29, 1.82) is 0 Å². The first-order valence-corrected chi connectivity index (χ1v) is 5.97. The van der Waals surface area contributed by atoms with Crippen molar-refractivity contribution in [2.45, 2.75) is 13.2 Å². The second-order valence-electron chi connectivity index (χ2n) is 4.00. The van der Waals surface area contributed by atoms with E-state index in [1.807, 2.05) is 0 Å². The lowest BCUT2D eigenvalue weighted by atomic mass is 10.2. The average molecular weight is 338 g/mol. The Labute approximate surface area is 124 Å². The minimum Gasteiger partial charge on any atom is -0.478 e. The number of aliphatic hydroxyl groups excluding tert-OH is 1. The summed E-state index contributed by atoms with van der Waals surface area (Å²) in [6, 6.07) is 1.30. The molecule has 1 heterocycles. The number of rotatable bonds is 4. The summed E-state index contributed by atoms with van der Waals surface area (Å²) >= 11 is 5.54. The number of nitrogens with zero attached hydrogens (tertiary/aromatic N) is 3. The van der Waals surface area contributed by atoms with E-state index in [1.54, 1.807) is 0 Å². The van der Waals surface area contributed by atoms with Gasteiger partial charge in [-0.3, -0.25) is 0 Å². The van der Waals surface area contributed by atoms with Crippen molar-refractivity contribution in [1.82, 2.24) is 14.3 Å². The van der Waals surface area contributed by atoms with Gasteiger partial charge in [0.2, 0.25) is 0 Å². The van der Waals surface area contributed by atoms with Crippen molar-refractivity contribution >= 4 is 17.6 Å². The fourth-order valence-electron chi connectivity index (χ4n) is 1.74. The Morgan fingerprint density at radius 2 is 2.05 bits per heavy atom. The molecule has 0 saturated carbocycles. The van der Waals surface area contributed by atoms with Crippen LogP contribution in [0.4, 0.5) is 13.2 Å². The third kappa shape index (κ3) is 2.57. The van der Waals surface area contributed by atoms with E-state index in [9.17, 15) is 22.8 Å². The first-order valence-electron chi connectivity index (χ1n) is 5.60. The number of hydrogen-bond donors (Lipinski definition) is 2. The quantitative estimate of drug-likeness (QED) is 0.879. The van der Waals surface area contributed by atoms with Crippen LogP contribution in [0.15, 0.2) is 16.9 Å². The molecule has 118 valence electrons. The lowest BCUT2D eigenvalue weighted by Gasteiger charge is -2.05. The van der Waals surface area contributed by atoms with Crippen LogP contribution in [-0.4, -0.2) is 30.5 Å². The minimum absolute atomic E-state index is 0.144. The Bertz CT molecular complexity index is 803. The van der Waals surface area contributed by atoms with E-state index in [1.165, 1.54) is 0 Å². The summed E-state index contributed by atoms with van der Waals surface area (Å²) in [6.45, 7) is -4.30. The van der Waals surface area contributed by atoms with E-state index in [-0.39, 0.29) is 9.25 Å². The Hall–Kier alpha value is -2.33. The summed E-state index contributed by atoms with van der Waals surface area (Å²) in [5, 5.41) is 20.8. The van der Waals surface area contributed by atoms with E-state index in [0.717, 1.165) is 0 Å². The highest BCUT2D eigenvalue weighted by Gasteiger charge is 2.23. The molecule has 11 heteroatoms. The third-order valence-corrected chi connectivity index (χ3v) is 3.03. The highest BCUT2D eigenvalue weighted by atomic mass is 35.5. The maximum atomic E-state index is 13.9. The molecular formula is C11H7ClF3N3O4. The Morgan fingerprint density at radius 1 is 1.41 bits per heavy atom. The molecule has 0 bridgehead atoms. The number of aromatic nitrogens is 3. The number of hydrogen-bond acceptors (Lipinski definition) is 4. The van der Waals surface area contributed by atoms with Crippen LogP contribution in [0.5, 0.6) is 0 Å². The summed E-state index contributed by atoms with van der Waals surface area (Å²) < 4.78 is 39.5. The first-order chi connectivity index (χ1) is 10.3. The van der Waals surface area contributed by atoms with Crippen LogP contribution in [0.25, 0.3) is 5.69 Å². The molecule has 0 aliphatic carbocycles. The van der Waals surface area contributed by atoms with E-state index in [2.05, 4.69) is 5.10 Å². The summed E-state index contributed by atoms with van der Waals surface area (Å²) in [5.41, 5.74) is -2.65. The molecule has 7 nitrogen and oxygen atoms in total. The first kappa shape index (κ1) is 16.0. The van der Waals surface area contributed by atoms with Gasteiger partial charge in [-0.2, -0.15) is 13.5 Å². The normalized spacial score (nSPS) is 11.2. The van der Waals surface area contributed by atoms with Crippen LogP contribution in [0, 0.1) is 5.82 Å². The maximum Gasteiger partial charge on any atom is 0.355 e. The number of carbonyl (C=O) groups is 1. The number of halogens is 4. The van der Waals surface area contributed by atoms with E-state index in [4.69, 9.17) is 21.8 Å². The predicted octanol–water partition coefficient (Wildman–Crippen LogP) is 1.41. The van der Waals surface area contributed by atoms with Crippen molar-refractivity contribution in [3.63, 3.8) is 0 Å². The second kappa shape index (κ2) is 5.81. The molecule has 0 radical (unpaired) electrons. The molecule has 1 aromatic heterocycles. The fourth-order valence-corrected chi connectivity index (χ4v) is 1.97. The second-order valence-corrected chi connectivity index (χ2v) is 4.41. The van der Waals surface area contributed by atoms with Gasteiger partial charge in [0, 0.05) is 0 Å². The van der Waals surface area contributed by atoms with Crippen LogP contribution in [0.1, 0.15) is 22.7 Å². The van der Waals surface area contributed by atoms with Gasteiger partial charge in [0.05, 0.1) is 10.6 Å². The molecule has 1 aromatic carbocycles. The molecule has 2 aromatic rings. The highest BCUT2D eigenvalue weighted by molar-refractivity contribution is 6.33. The van der Waals surface area contributed by atoms with Gasteiger partial charge in [-0.15, -0.1) is 5.10 Å². The van der Waals surface area contributed by atoms with Gasteiger partial charge in [0.25, 0.3) is 0 Å². The van der Waals surface area contributed by atoms with Gasteiger partial charge >= 0.3 is 18.2 Å². The molecule has 0 fully saturated rings. The molecule has 0 aliphatic heterocycles. The maximum absolute atomic E-state index is 13.9. The van der Waals surface area contributed by atoms with Crippen molar-refractivity contribution < 1.29 is 28.2 Å². The van der Waals surface area contributed by atoms with Gasteiger partial charge in [-0.1, -0.05) is 11.6 Å². The van der Waals surface area contributed by atoms with Crippen LogP contribution >= 0.6 is 11.6 Å². The highest BCUT2D eigenvalue weighted by Crippen LogP contribution is 2.23. The van der Waals surface area contributed by atoms with Crippen molar-refractivity contribution in [2.75, 3.05) is 0 Å². The molecule has 0 amide bonds. The number of benzene rings is 1. The monoisotopic (exact) mass is 337 g/mol. The van der Waals surface area contributed by atoms with Gasteiger partial charge < -0.3 is 10.2 Å². The lowest BCUT2D eigenvalue weighted by molar-refractivity contribution is 0.0583. The Balaban J connectivity index is 2.75. The zero-order valence-electron chi connectivity index (χ0n) is 10.5. The van der Waals surface area contributed by atoms with E-state index in [0.29, 0.717) is 12.1 Å². The van der Waals surface area contributed by atoms with Gasteiger partial charge in [-0.25, -0.2) is 18.5 Å². The van der Waals surface area contributed by atoms with Crippen LogP contribution in [0.2, 0.25) is 5.02 Å². The molecule has 0 saturated heterocycles. The molecule has 2 rings (SSSR count). The fraction of sp³-hybridized carbons (Fsp3) is 0.182. The largest absolute Gasteiger partial charge is 0.478 e. The SMILES string of the molecule is O=C(O)c1cc(-n2nc(CO)n(C(F)F)c2=O)c(F)cc1Cl. The number of aliphatic hydroxyl groups is 1. The summed E-state index contributed by atoms with van der Waals surface area (Å²) in [6.07, 6.45) is 0. The van der Waals surface area contributed by atoms with E-state index >= 15 is 0 Å². The summed E-state index contributed by atoms with van der Waals surface area (Å²) in [7, 11) is 0. The molecule has 22 heavy (non-hydrogen) atoms. The molecule has 2 N–H and O–H groups in total. The minimum atomic E-state index is -3.31. The Morgan fingerprint density at radius 3 is 2.50 bits per heavy atom. The molecule has 0 spiro atoms. The molecule has 0 atom stereocenters. The predicted molar refractivity (Wildman–Crippen MR) is 66.9 cm³/mol. The standard InChI is InChI=1S/C11H7ClF3N3O4/c12-5-2-6(13)7(1-4(5)9(20)21)18-11(22)17(10(14)15)8(3-19)16-18/h1-2,10,19H,3H2,(H,20,21). The molecule has 0 aliphatic rings. The van der Waals surface area contributed by atoms with Crippen LogP contribution in [0.3, 0.4) is 0 Å². The zero-order valence-corrected chi connectivity index (χ0v) is 11.3. The van der Waals surface area contributed by atoms with Gasteiger partial charge in [-0.05, 0) is 12.1 Å². The third-order valence-electron chi connectivity index (χ3n) is 2.71. The Kier molecular flexibility index (Phi) is 4.24. The number of aromatic carboxylic acids is 1. The van der Waals surface area contributed by atoms with Crippen molar-refractivity contribution in [3.8, 4) is 5.69 Å². The summed E-state index contributed by atoms with van der Waals surface area (Å²) in [5.74, 6) is -3.35. The molecular weight excluding hydrogens is 331 g/mol. The van der Waals surface area contributed by atoms with Crippen LogP contribution < -0.4 is 5.69 Å². The van der Waals surface area contributed by atoms with E-state index < -0.39 is 52.7 Å². The molecule has 0 unspecified atom stereocenters. The summed E-state index contributed by atoms with van der Waals surface area (Å²) in [4.78, 5) is 22.8. The number of carboxylic acids is 1. The van der Waals surface area contributed by atoms with Crippen molar-refractivity contribution in [3.05, 3.63) is 44.8 Å². The average Bonchev–Trinajstić information content (AvgIpc) is 2.75. The number of carboxylic acid groups (broad SMARTS) is 1. The van der Waals surface area contributed by atoms with Gasteiger partial charge in [0.15, 0.2) is 11.6 Å². The van der Waals surface area contributed by atoms with Gasteiger partial charge in [0.1, 0.15) is 12.3 Å².